The zero-order chi connectivity index (χ0) is 9.30. The van der Waals surface area contributed by atoms with Gasteiger partial charge in [-0.25, -0.2) is 4.98 Å². The molecule has 2 nitrogen and oxygen atoms in total. The summed E-state index contributed by atoms with van der Waals surface area (Å²) in [6.45, 7) is 6.00. The molecule has 0 saturated heterocycles. The van der Waals surface area contributed by atoms with Crippen LogP contribution in [0.5, 0.6) is 5.75 Å². The Kier molecular flexibility index (Phi) is 2.73. The maximum absolute atomic E-state index is 5.23. The molecule has 1 heterocycles. The Labute approximate surface area is 81.1 Å². The van der Waals surface area contributed by atoms with Crippen LogP contribution in [0.25, 0.3) is 0 Å². The molecule has 0 aliphatic carbocycles. The Morgan fingerprint density at radius 1 is 1.17 bits per heavy atom. The third-order valence-corrected chi connectivity index (χ3v) is 2.78. The molecule has 0 N–H and O–H groups in total. The van der Waals surface area contributed by atoms with Gasteiger partial charge in [-0.15, -0.1) is 0 Å². The molecule has 0 spiro atoms. The SMILES string of the molecule is COc1c(C)nc(Br)c(C)c1C. The Bertz CT molecular complexity index is 310. The second-order valence-corrected chi connectivity index (χ2v) is 3.52. The highest BCUT2D eigenvalue weighted by atomic mass is 79.9. The average Bonchev–Trinajstić information content (AvgIpc) is 2.01. The van der Waals surface area contributed by atoms with Crippen LogP contribution in [0.3, 0.4) is 0 Å². The zero-order valence-electron chi connectivity index (χ0n) is 7.73. The smallest absolute Gasteiger partial charge is 0.143 e. The van der Waals surface area contributed by atoms with Crippen LogP contribution in [0.2, 0.25) is 0 Å². The van der Waals surface area contributed by atoms with Gasteiger partial charge in [0, 0.05) is 0 Å². The second kappa shape index (κ2) is 3.44. The molecule has 0 saturated carbocycles. The van der Waals surface area contributed by atoms with Gasteiger partial charge >= 0.3 is 0 Å². The van der Waals surface area contributed by atoms with Crippen molar-refractivity contribution in [3.63, 3.8) is 0 Å². The topological polar surface area (TPSA) is 22.1 Å². The third-order valence-electron chi connectivity index (χ3n) is 2.01. The predicted molar refractivity (Wildman–Crippen MR) is 52.7 cm³/mol. The highest BCUT2D eigenvalue weighted by molar-refractivity contribution is 9.10. The molecule has 1 rings (SSSR count). The summed E-state index contributed by atoms with van der Waals surface area (Å²) >= 11 is 3.39. The van der Waals surface area contributed by atoms with Crippen molar-refractivity contribution in [3.8, 4) is 5.75 Å². The van der Waals surface area contributed by atoms with Crippen LogP contribution in [0.15, 0.2) is 4.60 Å². The molecular weight excluding hydrogens is 218 g/mol. The number of ether oxygens (including phenoxy) is 1. The number of rotatable bonds is 1. The van der Waals surface area contributed by atoms with E-state index in [1.54, 1.807) is 7.11 Å². The monoisotopic (exact) mass is 229 g/mol. The minimum absolute atomic E-state index is 0.885. The molecule has 66 valence electrons. The summed E-state index contributed by atoms with van der Waals surface area (Å²) in [6, 6.07) is 0. The Balaban J connectivity index is 3.40. The van der Waals surface area contributed by atoms with Crippen LogP contribution in [0.1, 0.15) is 16.8 Å². The molecule has 0 radical (unpaired) electrons. The van der Waals surface area contributed by atoms with Crippen LogP contribution >= 0.6 is 15.9 Å². The van der Waals surface area contributed by atoms with Gasteiger partial charge < -0.3 is 4.74 Å². The summed E-state index contributed by atoms with van der Waals surface area (Å²) in [4.78, 5) is 4.30. The molecule has 0 aromatic carbocycles. The normalized spacial score (nSPS) is 10.1. The van der Waals surface area contributed by atoms with Crippen molar-refractivity contribution in [2.45, 2.75) is 20.8 Å². The number of hydrogen-bond donors (Lipinski definition) is 0. The molecule has 0 atom stereocenters. The maximum atomic E-state index is 5.23. The summed E-state index contributed by atoms with van der Waals surface area (Å²) < 4.78 is 6.13. The van der Waals surface area contributed by atoms with Gasteiger partial charge in [-0.3, -0.25) is 0 Å². The van der Waals surface area contributed by atoms with Crippen LogP contribution < -0.4 is 4.74 Å². The zero-order valence-corrected chi connectivity index (χ0v) is 9.32. The summed E-state index contributed by atoms with van der Waals surface area (Å²) in [7, 11) is 1.67. The first-order valence-electron chi connectivity index (χ1n) is 3.75. The Hall–Kier alpha value is -0.570. The molecule has 1 aromatic heterocycles. The first-order valence-corrected chi connectivity index (χ1v) is 4.54. The molecule has 1 aromatic rings. The highest BCUT2D eigenvalue weighted by Crippen LogP contribution is 2.28. The summed E-state index contributed by atoms with van der Waals surface area (Å²) in [5.41, 5.74) is 3.21. The summed E-state index contributed by atoms with van der Waals surface area (Å²) in [5, 5.41) is 0. The van der Waals surface area contributed by atoms with Gasteiger partial charge in [0.05, 0.1) is 12.8 Å². The number of methoxy groups -OCH3 is 1. The van der Waals surface area contributed by atoms with E-state index in [4.69, 9.17) is 4.74 Å². The Morgan fingerprint density at radius 3 is 2.25 bits per heavy atom. The lowest BCUT2D eigenvalue weighted by atomic mass is 10.1. The average molecular weight is 230 g/mol. The molecule has 0 bridgehead atoms. The largest absolute Gasteiger partial charge is 0.495 e. The fraction of sp³-hybridized carbons (Fsp3) is 0.444. The molecular formula is C9H12BrNO. The van der Waals surface area contributed by atoms with Crippen LogP contribution in [-0.4, -0.2) is 12.1 Å². The lowest BCUT2D eigenvalue weighted by Gasteiger charge is -2.11. The van der Waals surface area contributed by atoms with Crippen molar-refractivity contribution in [2.24, 2.45) is 0 Å². The number of halogens is 1. The quantitative estimate of drug-likeness (QED) is 0.692. The minimum Gasteiger partial charge on any atom is -0.495 e. The van der Waals surface area contributed by atoms with Crippen LogP contribution in [0.4, 0.5) is 0 Å². The predicted octanol–water partition coefficient (Wildman–Crippen LogP) is 2.78. The Morgan fingerprint density at radius 2 is 1.75 bits per heavy atom. The van der Waals surface area contributed by atoms with Crippen molar-refractivity contribution in [3.05, 3.63) is 21.4 Å². The van der Waals surface area contributed by atoms with E-state index in [9.17, 15) is 0 Å². The molecule has 3 heteroatoms. The second-order valence-electron chi connectivity index (χ2n) is 2.77. The maximum Gasteiger partial charge on any atom is 0.143 e. The van der Waals surface area contributed by atoms with Gasteiger partial charge in [-0.2, -0.15) is 0 Å². The lowest BCUT2D eigenvalue weighted by Crippen LogP contribution is -1.97. The molecule has 0 amide bonds. The van der Waals surface area contributed by atoms with Gasteiger partial charge in [0.2, 0.25) is 0 Å². The van der Waals surface area contributed by atoms with E-state index in [0.29, 0.717) is 0 Å². The molecule has 0 unspecified atom stereocenters. The molecule has 0 fully saturated rings. The fourth-order valence-electron chi connectivity index (χ4n) is 1.18. The summed E-state index contributed by atoms with van der Waals surface area (Å²) in [5.74, 6) is 0.885. The first kappa shape index (κ1) is 9.52. The van der Waals surface area contributed by atoms with E-state index in [-0.39, 0.29) is 0 Å². The molecule has 0 aliphatic rings. The number of aromatic nitrogens is 1. The minimum atomic E-state index is 0.885. The fourth-order valence-corrected chi connectivity index (χ4v) is 1.74. The van der Waals surface area contributed by atoms with E-state index in [2.05, 4.69) is 20.9 Å². The van der Waals surface area contributed by atoms with Crippen LogP contribution in [0, 0.1) is 20.8 Å². The van der Waals surface area contributed by atoms with E-state index < -0.39 is 0 Å². The summed E-state index contributed by atoms with van der Waals surface area (Å²) in [6.07, 6.45) is 0. The number of aryl methyl sites for hydroxylation is 1. The van der Waals surface area contributed by atoms with Gasteiger partial charge in [0.1, 0.15) is 10.4 Å². The lowest BCUT2D eigenvalue weighted by molar-refractivity contribution is 0.405. The number of hydrogen-bond acceptors (Lipinski definition) is 2. The van der Waals surface area contributed by atoms with Gasteiger partial charge in [0.15, 0.2) is 0 Å². The standard InChI is InChI=1S/C9H12BrNO/c1-5-6(2)9(10)11-7(3)8(5)12-4/h1-4H3. The van der Waals surface area contributed by atoms with Gasteiger partial charge in [-0.05, 0) is 47.8 Å². The van der Waals surface area contributed by atoms with E-state index in [0.717, 1.165) is 27.2 Å². The van der Waals surface area contributed by atoms with Crippen molar-refractivity contribution >= 4 is 15.9 Å². The van der Waals surface area contributed by atoms with Crippen molar-refractivity contribution in [1.29, 1.82) is 0 Å². The first-order chi connectivity index (χ1) is 5.57. The number of pyridine rings is 1. The third kappa shape index (κ3) is 1.46. The highest BCUT2D eigenvalue weighted by Gasteiger charge is 2.09. The van der Waals surface area contributed by atoms with Crippen molar-refractivity contribution in [1.82, 2.24) is 4.98 Å². The molecule has 0 aliphatic heterocycles. The van der Waals surface area contributed by atoms with Crippen LogP contribution in [-0.2, 0) is 0 Å². The molecule has 12 heavy (non-hydrogen) atoms. The van der Waals surface area contributed by atoms with Crippen molar-refractivity contribution < 1.29 is 4.74 Å². The van der Waals surface area contributed by atoms with E-state index >= 15 is 0 Å². The van der Waals surface area contributed by atoms with E-state index in [1.807, 2.05) is 20.8 Å². The van der Waals surface area contributed by atoms with E-state index in [1.165, 1.54) is 0 Å². The van der Waals surface area contributed by atoms with Crippen molar-refractivity contribution in [2.75, 3.05) is 7.11 Å². The number of nitrogens with zero attached hydrogens (tertiary/aromatic N) is 1. The van der Waals surface area contributed by atoms with Gasteiger partial charge in [0.25, 0.3) is 0 Å². The van der Waals surface area contributed by atoms with Gasteiger partial charge in [-0.1, -0.05) is 0 Å².